The van der Waals surface area contributed by atoms with E-state index in [1.54, 1.807) is 16.7 Å². The van der Waals surface area contributed by atoms with Gasteiger partial charge in [0.05, 0.1) is 5.69 Å². The van der Waals surface area contributed by atoms with Crippen LogP contribution >= 0.6 is 15.9 Å². The van der Waals surface area contributed by atoms with Gasteiger partial charge in [-0.1, -0.05) is 0 Å². The molecule has 3 rings (SSSR count). The van der Waals surface area contributed by atoms with E-state index in [-0.39, 0.29) is 5.56 Å². The molecule has 0 aromatic carbocycles. The molecule has 2 aromatic heterocycles. The second-order valence-electron chi connectivity index (χ2n) is 5.24. The molecule has 1 aliphatic rings. The summed E-state index contributed by atoms with van der Waals surface area (Å²) in [6.07, 6.45) is 1.75. The summed E-state index contributed by atoms with van der Waals surface area (Å²) in [5.41, 5.74) is 1.52. The highest BCUT2D eigenvalue weighted by Crippen LogP contribution is 2.10. The van der Waals surface area contributed by atoms with E-state index in [9.17, 15) is 4.79 Å². The molecule has 0 N–H and O–H groups in total. The van der Waals surface area contributed by atoms with Gasteiger partial charge in [0.1, 0.15) is 5.65 Å². The van der Waals surface area contributed by atoms with E-state index in [1.807, 2.05) is 12.1 Å². The molecule has 0 amide bonds. The highest BCUT2D eigenvalue weighted by Gasteiger charge is 2.15. The van der Waals surface area contributed by atoms with Crippen molar-refractivity contribution in [3.05, 3.63) is 44.9 Å². The zero-order valence-corrected chi connectivity index (χ0v) is 13.0. The average Bonchev–Trinajstić information content (AvgIpc) is 2.42. The van der Waals surface area contributed by atoms with Gasteiger partial charge in [-0.05, 0) is 35.1 Å². The van der Waals surface area contributed by atoms with Crippen LogP contribution in [0.25, 0.3) is 5.65 Å². The molecule has 0 spiro atoms. The Kier molecular flexibility index (Phi) is 3.87. The molecular formula is C14H17BrN4O. The molecule has 0 aliphatic carbocycles. The maximum absolute atomic E-state index is 12.1. The lowest BCUT2D eigenvalue weighted by atomic mass is 10.3. The molecule has 0 bridgehead atoms. The van der Waals surface area contributed by atoms with Gasteiger partial charge >= 0.3 is 0 Å². The number of likely N-dealkylation sites (N-methyl/N-ethyl adjacent to an activating group) is 1. The van der Waals surface area contributed by atoms with Crippen molar-refractivity contribution in [2.24, 2.45) is 0 Å². The van der Waals surface area contributed by atoms with E-state index in [0.717, 1.165) is 42.9 Å². The van der Waals surface area contributed by atoms with Crippen LogP contribution in [-0.4, -0.2) is 52.4 Å². The molecule has 6 heteroatoms. The third kappa shape index (κ3) is 2.92. The fourth-order valence-electron chi connectivity index (χ4n) is 2.44. The fraction of sp³-hybridized carbons (Fsp3) is 0.429. The standard InChI is InChI=1S/C14H17BrN4O/c1-17-4-6-18(7-5-17)10-12-8-14(20)19-9-11(15)2-3-13(19)16-12/h2-3,8-9H,4-7,10H2,1H3. The molecule has 2 aromatic rings. The van der Waals surface area contributed by atoms with Crippen molar-refractivity contribution in [1.82, 2.24) is 19.2 Å². The third-order valence-electron chi connectivity index (χ3n) is 3.66. The summed E-state index contributed by atoms with van der Waals surface area (Å²) in [6.45, 7) is 4.93. The van der Waals surface area contributed by atoms with Crippen molar-refractivity contribution >= 4 is 21.6 Å². The van der Waals surface area contributed by atoms with Crippen LogP contribution in [0, 0.1) is 0 Å². The molecule has 5 nitrogen and oxygen atoms in total. The van der Waals surface area contributed by atoms with Gasteiger partial charge in [0.2, 0.25) is 0 Å². The van der Waals surface area contributed by atoms with Crippen molar-refractivity contribution < 1.29 is 0 Å². The lowest BCUT2D eigenvalue weighted by Gasteiger charge is -2.32. The second-order valence-corrected chi connectivity index (χ2v) is 6.16. The number of fused-ring (bicyclic) bond motifs is 1. The lowest BCUT2D eigenvalue weighted by Crippen LogP contribution is -2.44. The Bertz CT molecular complexity index is 676. The average molecular weight is 337 g/mol. The number of nitrogens with zero attached hydrogens (tertiary/aromatic N) is 4. The molecule has 0 radical (unpaired) electrons. The lowest BCUT2D eigenvalue weighted by molar-refractivity contribution is 0.147. The van der Waals surface area contributed by atoms with Crippen molar-refractivity contribution in [1.29, 1.82) is 0 Å². The predicted octanol–water partition coefficient (Wildman–Crippen LogP) is 1.20. The number of hydrogen-bond acceptors (Lipinski definition) is 4. The van der Waals surface area contributed by atoms with Gasteiger partial charge in [0.25, 0.3) is 5.56 Å². The van der Waals surface area contributed by atoms with Crippen LogP contribution in [0.2, 0.25) is 0 Å². The minimum Gasteiger partial charge on any atom is -0.304 e. The molecule has 3 heterocycles. The van der Waals surface area contributed by atoms with Crippen LogP contribution in [0.3, 0.4) is 0 Å². The summed E-state index contributed by atoms with van der Waals surface area (Å²) in [5.74, 6) is 0. The van der Waals surface area contributed by atoms with E-state index >= 15 is 0 Å². The van der Waals surface area contributed by atoms with Crippen molar-refractivity contribution in [2.45, 2.75) is 6.54 Å². The van der Waals surface area contributed by atoms with Gasteiger partial charge in [0.15, 0.2) is 0 Å². The maximum Gasteiger partial charge on any atom is 0.258 e. The number of halogens is 1. The fourth-order valence-corrected chi connectivity index (χ4v) is 2.78. The maximum atomic E-state index is 12.1. The van der Waals surface area contributed by atoms with Crippen molar-refractivity contribution in [3.63, 3.8) is 0 Å². The molecule has 20 heavy (non-hydrogen) atoms. The Hall–Kier alpha value is -1.24. The number of rotatable bonds is 2. The summed E-state index contributed by atoms with van der Waals surface area (Å²) in [6, 6.07) is 5.40. The van der Waals surface area contributed by atoms with Crippen LogP contribution in [0.5, 0.6) is 0 Å². The molecular weight excluding hydrogens is 320 g/mol. The second kappa shape index (κ2) is 5.63. The van der Waals surface area contributed by atoms with Gasteiger partial charge in [-0.15, -0.1) is 0 Å². The first-order valence-electron chi connectivity index (χ1n) is 6.70. The van der Waals surface area contributed by atoms with Crippen molar-refractivity contribution in [3.8, 4) is 0 Å². The molecule has 0 saturated carbocycles. The highest BCUT2D eigenvalue weighted by molar-refractivity contribution is 9.10. The van der Waals surface area contributed by atoms with E-state index in [1.165, 1.54) is 0 Å². The molecule has 0 unspecified atom stereocenters. The topological polar surface area (TPSA) is 40.9 Å². The van der Waals surface area contributed by atoms with Crippen LogP contribution < -0.4 is 5.56 Å². The Morgan fingerprint density at radius 1 is 1.25 bits per heavy atom. The normalized spacial score (nSPS) is 17.7. The smallest absolute Gasteiger partial charge is 0.258 e. The summed E-state index contributed by atoms with van der Waals surface area (Å²) in [4.78, 5) is 21.4. The van der Waals surface area contributed by atoms with Gasteiger partial charge in [-0.2, -0.15) is 0 Å². The number of piperazine rings is 1. The Morgan fingerprint density at radius 3 is 2.75 bits per heavy atom. The summed E-state index contributed by atoms with van der Waals surface area (Å²) < 4.78 is 2.44. The minimum absolute atomic E-state index is 0.0274. The summed E-state index contributed by atoms with van der Waals surface area (Å²) in [7, 11) is 2.13. The monoisotopic (exact) mass is 336 g/mol. The SMILES string of the molecule is CN1CCN(Cc2cc(=O)n3cc(Br)ccc3n2)CC1. The van der Waals surface area contributed by atoms with E-state index in [0.29, 0.717) is 5.65 Å². The van der Waals surface area contributed by atoms with Crippen LogP contribution in [0.1, 0.15) is 5.69 Å². The third-order valence-corrected chi connectivity index (χ3v) is 4.13. The first-order valence-corrected chi connectivity index (χ1v) is 7.50. The Balaban J connectivity index is 1.85. The van der Waals surface area contributed by atoms with E-state index in [2.05, 4.69) is 37.8 Å². The van der Waals surface area contributed by atoms with Gasteiger partial charge in [-0.3, -0.25) is 14.1 Å². The van der Waals surface area contributed by atoms with Crippen LogP contribution in [0.4, 0.5) is 0 Å². The van der Waals surface area contributed by atoms with Gasteiger partial charge < -0.3 is 4.90 Å². The van der Waals surface area contributed by atoms with Crippen LogP contribution in [-0.2, 0) is 6.54 Å². The summed E-state index contributed by atoms with van der Waals surface area (Å²) in [5, 5.41) is 0. The molecule has 1 fully saturated rings. The number of pyridine rings is 1. The van der Waals surface area contributed by atoms with E-state index in [4.69, 9.17) is 0 Å². The molecule has 0 atom stereocenters. The predicted molar refractivity (Wildman–Crippen MR) is 81.9 cm³/mol. The van der Waals surface area contributed by atoms with Gasteiger partial charge in [0, 0.05) is 49.5 Å². The quantitative estimate of drug-likeness (QED) is 0.826. The van der Waals surface area contributed by atoms with Gasteiger partial charge in [-0.25, -0.2) is 4.98 Å². The number of aromatic nitrogens is 2. The largest absolute Gasteiger partial charge is 0.304 e. The Labute approximate surface area is 126 Å². The Morgan fingerprint density at radius 2 is 2.00 bits per heavy atom. The van der Waals surface area contributed by atoms with E-state index < -0.39 is 0 Å². The number of hydrogen-bond donors (Lipinski definition) is 0. The highest BCUT2D eigenvalue weighted by atomic mass is 79.9. The summed E-state index contributed by atoms with van der Waals surface area (Å²) >= 11 is 3.37. The molecule has 1 aliphatic heterocycles. The molecule has 1 saturated heterocycles. The first kappa shape index (κ1) is 13.7. The molecule has 106 valence electrons. The minimum atomic E-state index is -0.0274. The van der Waals surface area contributed by atoms with Crippen molar-refractivity contribution in [2.75, 3.05) is 33.2 Å². The zero-order valence-electron chi connectivity index (χ0n) is 11.4. The first-order chi connectivity index (χ1) is 9.61. The van der Waals surface area contributed by atoms with Crippen LogP contribution in [0.15, 0.2) is 33.7 Å². The zero-order chi connectivity index (χ0) is 14.1.